The summed E-state index contributed by atoms with van der Waals surface area (Å²) in [6.07, 6.45) is 6.65. The summed E-state index contributed by atoms with van der Waals surface area (Å²) in [6.45, 7) is 9.62. The van der Waals surface area contributed by atoms with E-state index in [-0.39, 0.29) is 5.91 Å². The summed E-state index contributed by atoms with van der Waals surface area (Å²) in [5.41, 5.74) is 2.10. The molecule has 21 heavy (non-hydrogen) atoms. The third kappa shape index (κ3) is 3.91. The van der Waals surface area contributed by atoms with Crippen molar-refractivity contribution in [3.8, 4) is 0 Å². The van der Waals surface area contributed by atoms with Gasteiger partial charge in [0.2, 0.25) is 5.91 Å². The highest BCUT2D eigenvalue weighted by molar-refractivity contribution is 5.92. The predicted molar refractivity (Wildman–Crippen MR) is 84.9 cm³/mol. The first-order chi connectivity index (χ1) is 10.1. The van der Waals surface area contributed by atoms with Crippen molar-refractivity contribution in [2.75, 3.05) is 26.2 Å². The maximum absolute atomic E-state index is 12.3. The van der Waals surface area contributed by atoms with Crippen LogP contribution in [0.4, 0.5) is 0 Å². The van der Waals surface area contributed by atoms with Gasteiger partial charge >= 0.3 is 0 Å². The lowest BCUT2D eigenvalue weighted by Gasteiger charge is -2.38. The van der Waals surface area contributed by atoms with Gasteiger partial charge in [0.25, 0.3) is 0 Å². The number of pyridine rings is 1. The molecule has 4 heteroatoms. The monoisotopic (exact) mass is 287 g/mol. The first-order valence-electron chi connectivity index (χ1n) is 7.73. The van der Waals surface area contributed by atoms with Gasteiger partial charge in [-0.3, -0.25) is 14.7 Å². The molecule has 0 radical (unpaired) electrons. The van der Waals surface area contributed by atoms with Gasteiger partial charge in [-0.15, -0.1) is 0 Å². The van der Waals surface area contributed by atoms with Gasteiger partial charge in [-0.2, -0.15) is 0 Å². The number of rotatable bonds is 4. The van der Waals surface area contributed by atoms with Gasteiger partial charge in [0, 0.05) is 50.2 Å². The van der Waals surface area contributed by atoms with Crippen LogP contribution in [0.1, 0.15) is 38.8 Å². The Bertz CT molecular complexity index is 490. The molecule has 1 saturated heterocycles. The molecule has 2 heterocycles. The zero-order valence-electron chi connectivity index (χ0n) is 13.2. The molecule has 1 aromatic heterocycles. The number of allylic oxidation sites excluding steroid dienone is 1. The van der Waals surface area contributed by atoms with Crippen LogP contribution in [0.25, 0.3) is 0 Å². The maximum atomic E-state index is 12.3. The number of hydrogen-bond donors (Lipinski definition) is 0. The van der Waals surface area contributed by atoms with Crippen LogP contribution in [0.3, 0.4) is 0 Å². The molecular weight excluding hydrogens is 262 g/mol. The molecule has 1 aromatic rings. The van der Waals surface area contributed by atoms with Crippen LogP contribution in [0.15, 0.2) is 36.2 Å². The SMILES string of the molecule is CC/C=C(\C)C(=O)N1CCN([C@@H](C)c2cccnc2)CC1. The van der Waals surface area contributed by atoms with Crippen LogP contribution in [-0.2, 0) is 4.79 Å². The van der Waals surface area contributed by atoms with Crippen molar-refractivity contribution < 1.29 is 4.79 Å². The van der Waals surface area contributed by atoms with E-state index in [9.17, 15) is 4.79 Å². The molecule has 0 aliphatic carbocycles. The quantitative estimate of drug-likeness (QED) is 0.799. The zero-order chi connectivity index (χ0) is 15.2. The predicted octanol–water partition coefficient (Wildman–Crippen LogP) is 2.64. The van der Waals surface area contributed by atoms with Gasteiger partial charge < -0.3 is 4.90 Å². The molecule has 1 aliphatic heterocycles. The maximum Gasteiger partial charge on any atom is 0.249 e. The van der Waals surface area contributed by atoms with Crippen molar-refractivity contribution in [3.63, 3.8) is 0 Å². The standard InChI is InChI=1S/C17H25N3O/c1-4-6-14(2)17(21)20-11-9-19(10-12-20)15(3)16-7-5-8-18-13-16/h5-8,13,15H,4,9-12H2,1-3H3/b14-6+/t15-/m0/s1. The Labute approximate surface area is 127 Å². The Morgan fingerprint density at radius 2 is 2.10 bits per heavy atom. The summed E-state index contributed by atoms with van der Waals surface area (Å²) in [7, 11) is 0. The van der Waals surface area contributed by atoms with Gasteiger partial charge in [-0.1, -0.05) is 19.1 Å². The number of carbonyl (C=O) groups excluding carboxylic acids is 1. The highest BCUT2D eigenvalue weighted by atomic mass is 16.2. The fourth-order valence-corrected chi connectivity index (χ4v) is 2.79. The van der Waals surface area contributed by atoms with E-state index < -0.39 is 0 Å². The molecule has 1 atom stereocenters. The minimum atomic E-state index is 0.186. The number of aromatic nitrogens is 1. The van der Waals surface area contributed by atoms with Crippen LogP contribution < -0.4 is 0 Å². The largest absolute Gasteiger partial charge is 0.336 e. The topological polar surface area (TPSA) is 36.4 Å². The summed E-state index contributed by atoms with van der Waals surface area (Å²) in [5, 5.41) is 0. The van der Waals surface area contributed by atoms with Gasteiger partial charge in [0.15, 0.2) is 0 Å². The molecule has 0 N–H and O–H groups in total. The molecule has 2 rings (SSSR count). The number of carbonyl (C=O) groups is 1. The van der Waals surface area contributed by atoms with Crippen molar-refractivity contribution in [1.82, 2.24) is 14.8 Å². The van der Waals surface area contributed by atoms with Crippen LogP contribution in [-0.4, -0.2) is 46.9 Å². The second-order valence-corrected chi connectivity index (χ2v) is 5.59. The van der Waals surface area contributed by atoms with Crippen molar-refractivity contribution in [1.29, 1.82) is 0 Å². The molecule has 1 fully saturated rings. The van der Waals surface area contributed by atoms with E-state index in [4.69, 9.17) is 0 Å². The molecule has 1 aliphatic rings. The third-order valence-electron chi connectivity index (χ3n) is 4.16. The Kier molecular flexibility index (Phi) is 5.51. The van der Waals surface area contributed by atoms with E-state index in [1.807, 2.05) is 30.2 Å². The number of hydrogen-bond acceptors (Lipinski definition) is 3. The summed E-state index contributed by atoms with van der Waals surface area (Å²) >= 11 is 0. The van der Waals surface area contributed by atoms with Gasteiger partial charge in [0.1, 0.15) is 0 Å². The molecule has 4 nitrogen and oxygen atoms in total. The summed E-state index contributed by atoms with van der Waals surface area (Å²) in [6, 6.07) is 4.44. The fourth-order valence-electron chi connectivity index (χ4n) is 2.79. The molecule has 114 valence electrons. The number of nitrogens with zero attached hydrogens (tertiary/aromatic N) is 3. The van der Waals surface area contributed by atoms with Crippen molar-refractivity contribution in [3.05, 3.63) is 41.7 Å². The lowest BCUT2D eigenvalue weighted by molar-refractivity contribution is -0.129. The number of piperazine rings is 1. The van der Waals surface area contributed by atoms with Crippen molar-refractivity contribution >= 4 is 5.91 Å². The first kappa shape index (κ1) is 15.7. The van der Waals surface area contributed by atoms with Gasteiger partial charge in [-0.25, -0.2) is 0 Å². The molecule has 0 saturated carbocycles. The van der Waals surface area contributed by atoms with Crippen molar-refractivity contribution in [2.24, 2.45) is 0 Å². The van der Waals surface area contributed by atoms with E-state index in [0.717, 1.165) is 38.2 Å². The first-order valence-corrected chi connectivity index (χ1v) is 7.73. The van der Waals surface area contributed by atoms with E-state index in [1.54, 1.807) is 6.20 Å². The average molecular weight is 287 g/mol. The van der Waals surface area contributed by atoms with E-state index in [1.165, 1.54) is 5.56 Å². The zero-order valence-corrected chi connectivity index (χ0v) is 13.2. The van der Waals surface area contributed by atoms with Gasteiger partial charge in [-0.05, 0) is 31.9 Å². The molecule has 0 unspecified atom stereocenters. The van der Waals surface area contributed by atoms with E-state index in [0.29, 0.717) is 6.04 Å². The lowest BCUT2D eigenvalue weighted by Crippen LogP contribution is -2.49. The molecule has 1 amide bonds. The number of amides is 1. The summed E-state index contributed by atoms with van der Waals surface area (Å²) in [4.78, 5) is 20.8. The fraction of sp³-hybridized carbons (Fsp3) is 0.529. The third-order valence-corrected chi connectivity index (χ3v) is 4.16. The van der Waals surface area contributed by atoms with Gasteiger partial charge in [0.05, 0.1) is 0 Å². The lowest BCUT2D eigenvalue weighted by atomic mass is 10.1. The Hall–Kier alpha value is -1.68. The molecular formula is C17H25N3O. The Balaban J connectivity index is 1.91. The molecule has 0 spiro atoms. The highest BCUT2D eigenvalue weighted by Gasteiger charge is 2.25. The minimum Gasteiger partial charge on any atom is -0.336 e. The van der Waals surface area contributed by atoms with Crippen LogP contribution in [0, 0.1) is 0 Å². The Morgan fingerprint density at radius 3 is 2.67 bits per heavy atom. The van der Waals surface area contributed by atoms with Crippen LogP contribution in [0.5, 0.6) is 0 Å². The average Bonchev–Trinajstić information content (AvgIpc) is 2.54. The second-order valence-electron chi connectivity index (χ2n) is 5.59. The minimum absolute atomic E-state index is 0.186. The second kappa shape index (κ2) is 7.36. The van der Waals surface area contributed by atoms with E-state index in [2.05, 4.69) is 29.8 Å². The smallest absolute Gasteiger partial charge is 0.249 e. The summed E-state index contributed by atoms with van der Waals surface area (Å²) in [5.74, 6) is 0.186. The summed E-state index contributed by atoms with van der Waals surface area (Å²) < 4.78 is 0. The van der Waals surface area contributed by atoms with Crippen LogP contribution >= 0.6 is 0 Å². The Morgan fingerprint density at radius 1 is 1.38 bits per heavy atom. The van der Waals surface area contributed by atoms with E-state index >= 15 is 0 Å². The normalized spacial score (nSPS) is 18.6. The van der Waals surface area contributed by atoms with Crippen LogP contribution in [0.2, 0.25) is 0 Å². The molecule has 0 aromatic carbocycles. The highest BCUT2D eigenvalue weighted by Crippen LogP contribution is 2.21. The van der Waals surface area contributed by atoms with Crippen molar-refractivity contribution in [2.45, 2.75) is 33.2 Å². The molecule has 0 bridgehead atoms.